The Morgan fingerprint density at radius 3 is 2.50 bits per heavy atom. The van der Waals surface area contributed by atoms with E-state index in [4.69, 9.17) is 14.6 Å². The molecule has 132 valence electrons. The molecule has 0 bridgehead atoms. The molecular weight excluding hydrogens is 310 g/mol. The van der Waals surface area contributed by atoms with Crippen LogP contribution in [0.2, 0.25) is 0 Å². The lowest BCUT2D eigenvalue weighted by Crippen LogP contribution is -2.47. The summed E-state index contributed by atoms with van der Waals surface area (Å²) in [5, 5.41) is 8.74. The molecular formula is C18H25NO5. The SMILES string of the molecule is Cc1cc(C(=O)N2CCOC(C(C)C)C2)cc(C)c1OCC(=O)O. The fraction of sp³-hybridized carbons (Fsp3) is 0.556. The molecule has 1 unspecified atom stereocenters. The van der Waals surface area contributed by atoms with Gasteiger partial charge in [-0.1, -0.05) is 13.8 Å². The van der Waals surface area contributed by atoms with Gasteiger partial charge in [-0.15, -0.1) is 0 Å². The lowest BCUT2D eigenvalue weighted by Gasteiger charge is -2.35. The number of hydrogen-bond acceptors (Lipinski definition) is 4. The van der Waals surface area contributed by atoms with Crippen LogP contribution in [-0.2, 0) is 9.53 Å². The summed E-state index contributed by atoms with van der Waals surface area (Å²) in [6.07, 6.45) is 0.0584. The molecule has 2 rings (SSSR count). The first kappa shape index (κ1) is 18.3. The van der Waals surface area contributed by atoms with Crippen molar-refractivity contribution in [1.29, 1.82) is 0 Å². The number of aryl methyl sites for hydroxylation is 2. The third kappa shape index (κ3) is 4.26. The highest BCUT2D eigenvalue weighted by atomic mass is 16.5. The second-order valence-corrected chi connectivity index (χ2v) is 6.53. The van der Waals surface area contributed by atoms with Gasteiger partial charge in [0.05, 0.1) is 12.7 Å². The average Bonchev–Trinajstić information content (AvgIpc) is 2.53. The van der Waals surface area contributed by atoms with E-state index in [0.29, 0.717) is 36.9 Å². The minimum atomic E-state index is -1.03. The number of carboxylic acids is 1. The quantitative estimate of drug-likeness (QED) is 0.893. The van der Waals surface area contributed by atoms with Crippen LogP contribution in [0.15, 0.2) is 12.1 Å². The van der Waals surface area contributed by atoms with Gasteiger partial charge in [0, 0.05) is 18.7 Å². The van der Waals surface area contributed by atoms with Crippen LogP contribution in [0.25, 0.3) is 0 Å². The van der Waals surface area contributed by atoms with E-state index in [2.05, 4.69) is 13.8 Å². The first-order chi connectivity index (χ1) is 11.3. The van der Waals surface area contributed by atoms with Gasteiger partial charge >= 0.3 is 5.97 Å². The van der Waals surface area contributed by atoms with Crippen LogP contribution in [0.3, 0.4) is 0 Å². The summed E-state index contributed by atoms with van der Waals surface area (Å²) in [6.45, 7) is 9.13. The van der Waals surface area contributed by atoms with Crippen LogP contribution in [0, 0.1) is 19.8 Å². The zero-order valence-electron chi connectivity index (χ0n) is 14.7. The summed E-state index contributed by atoms with van der Waals surface area (Å²) in [4.78, 5) is 25.3. The molecule has 6 heteroatoms. The topological polar surface area (TPSA) is 76.1 Å². The van der Waals surface area contributed by atoms with Crippen molar-refractivity contribution in [3.63, 3.8) is 0 Å². The smallest absolute Gasteiger partial charge is 0.341 e. The van der Waals surface area contributed by atoms with E-state index in [1.165, 1.54) is 0 Å². The van der Waals surface area contributed by atoms with Gasteiger partial charge in [-0.3, -0.25) is 4.79 Å². The van der Waals surface area contributed by atoms with Crippen LogP contribution < -0.4 is 4.74 Å². The van der Waals surface area contributed by atoms with Gasteiger partial charge in [-0.05, 0) is 43.0 Å². The molecule has 1 aromatic rings. The van der Waals surface area contributed by atoms with Crippen LogP contribution in [0.1, 0.15) is 35.3 Å². The van der Waals surface area contributed by atoms with E-state index >= 15 is 0 Å². The summed E-state index contributed by atoms with van der Waals surface area (Å²) >= 11 is 0. The number of nitrogens with zero attached hydrogens (tertiary/aromatic N) is 1. The maximum absolute atomic E-state index is 12.8. The number of ether oxygens (including phenoxy) is 2. The Bertz CT molecular complexity index is 603. The predicted molar refractivity (Wildman–Crippen MR) is 89.5 cm³/mol. The zero-order chi connectivity index (χ0) is 17.9. The summed E-state index contributed by atoms with van der Waals surface area (Å²) in [5.41, 5.74) is 2.11. The number of hydrogen-bond donors (Lipinski definition) is 1. The molecule has 0 radical (unpaired) electrons. The highest BCUT2D eigenvalue weighted by Gasteiger charge is 2.27. The van der Waals surface area contributed by atoms with Crippen molar-refractivity contribution >= 4 is 11.9 Å². The molecule has 0 aromatic heterocycles. The zero-order valence-corrected chi connectivity index (χ0v) is 14.7. The van der Waals surface area contributed by atoms with Crippen LogP contribution in [0.5, 0.6) is 5.75 Å². The van der Waals surface area contributed by atoms with E-state index < -0.39 is 12.6 Å². The van der Waals surface area contributed by atoms with E-state index in [1.54, 1.807) is 12.1 Å². The molecule has 0 spiro atoms. The average molecular weight is 335 g/mol. The summed E-state index contributed by atoms with van der Waals surface area (Å²) in [5.74, 6) is -0.172. The molecule has 1 atom stereocenters. The van der Waals surface area contributed by atoms with Crippen molar-refractivity contribution in [3.05, 3.63) is 28.8 Å². The number of carboxylic acid groups (broad SMARTS) is 1. The highest BCUT2D eigenvalue weighted by molar-refractivity contribution is 5.95. The van der Waals surface area contributed by atoms with E-state index in [9.17, 15) is 9.59 Å². The van der Waals surface area contributed by atoms with Crippen molar-refractivity contribution in [1.82, 2.24) is 4.90 Å². The minimum absolute atomic E-state index is 0.0278. The molecule has 1 aliphatic heterocycles. The Balaban J connectivity index is 2.16. The Kier molecular flexibility index (Phi) is 5.83. The van der Waals surface area contributed by atoms with Crippen molar-refractivity contribution < 1.29 is 24.2 Å². The number of rotatable bonds is 5. The molecule has 1 N–H and O–H groups in total. The van der Waals surface area contributed by atoms with E-state index in [0.717, 1.165) is 11.1 Å². The van der Waals surface area contributed by atoms with Crippen molar-refractivity contribution in [3.8, 4) is 5.75 Å². The Labute approximate surface area is 142 Å². The maximum atomic E-state index is 12.8. The van der Waals surface area contributed by atoms with Gasteiger partial charge in [-0.2, -0.15) is 0 Å². The number of aliphatic carboxylic acids is 1. The molecule has 0 saturated carbocycles. The van der Waals surface area contributed by atoms with Gasteiger partial charge in [0.15, 0.2) is 6.61 Å². The van der Waals surface area contributed by atoms with Gasteiger partial charge in [0.2, 0.25) is 0 Å². The van der Waals surface area contributed by atoms with E-state index in [-0.39, 0.29) is 12.0 Å². The van der Waals surface area contributed by atoms with Crippen molar-refractivity contribution in [2.24, 2.45) is 5.92 Å². The Hall–Kier alpha value is -2.08. The monoisotopic (exact) mass is 335 g/mol. The highest BCUT2D eigenvalue weighted by Crippen LogP contribution is 2.26. The first-order valence-corrected chi connectivity index (χ1v) is 8.16. The normalized spacial score (nSPS) is 17.9. The molecule has 1 amide bonds. The van der Waals surface area contributed by atoms with Crippen LogP contribution >= 0.6 is 0 Å². The lowest BCUT2D eigenvalue weighted by atomic mass is 10.0. The largest absolute Gasteiger partial charge is 0.481 e. The molecule has 24 heavy (non-hydrogen) atoms. The number of amides is 1. The second-order valence-electron chi connectivity index (χ2n) is 6.53. The second kappa shape index (κ2) is 7.66. The molecule has 1 aromatic carbocycles. The number of carbonyl (C=O) groups excluding carboxylic acids is 1. The molecule has 1 heterocycles. The predicted octanol–water partition coefficient (Wildman–Crippen LogP) is 2.26. The van der Waals surface area contributed by atoms with Gasteiger partial charge < -0.3 is 19.5 Å². The van der Waals surface area contributed by atoms with E-state index in [1.807, 2.05) is 18.7 Å². The lowest BCUT2D eigenvalue weighted by molar-refractivity contribution is -0.139. The van der Waals surface area contributed by atoms with Gasteiger partial charge in [0.1, 0.15) is 5.75 Å². The fourth-order valence-electron chi connectivity index (χ4n) is 2.88. The third-order valence-electron chi connectivity index (χ3n) is 4.17. The summed E-state index contributed by atoms with van der Waals surface area (Å²) in [7, 11) is 0. The molecule has 1 fully saturated rings. The minimum Gasteiger partial charge on any atom is -0.481 e. The molecule has 1 saturated heterocycles. The Morgan fingerprint density at radius 1 is 1.33 bits per heavy atom. The molecule has 0 aliphatic carbocycles. The summed E-state index contributed by atoms with van der Waals surface area (Å²) in [6, 6.07) is 3.51. The van der Waals surface area contributed by atoms with Crippen molar-refractivity contribution in [2.45, 2.75) is 33.8 Å². The first-order valence-electron chi connectivity index (χ1n) is 8.16. The van der Waals surface area contributed by atoms with Crippen LogP contribution in [0.4, 0.5) is 0 Å². The number of benzene rings is 1. The van der Waals surface area contributed by atoms with Gasteiger partial charge in [-0.25, -0.2) is 4.79 Å². The third-order valence-corrected chi connectivity index (χ3v) is 4.17. The fourth-order valence-corrected chi connectivity index (χ4v) is 2.88. The number of carbonyl (C=O) groups is 2. The summed E-state index contributed by atoms with van der Waals surface area (Å²) < 4.78 is 11.0. The van der Waals surface area contributed by atoms with Crippen molar-refractivity contribution in [2.75, 3.05) is 26.3 Å². The standard InChI is InChI=1S/C18H25NO5/c1-11(2)15-9-19(5-6-23-15)18(22)14-7-12(3)17(13(4)8-14)24-10-16(20)21/h7-8,11,15H,5-6,9-10H2,1-4H3,(H,20,21). The molecule has 1 aliphatic rings. The molecule has 6 nitrogen and oxygen atoms in total. The maximum Gasteiger partial charge on any atom is 0.341 e. The van der Waals surface area contributed by atoms with Crippen LogP contribution in [-0.4, -0.2) is 54.3 Å². The van der Waals surface area contributed by atoms with Gasteiger partial charge in [0.25, 0.3) is 5.91 Å². The number of morpholine rings is 1. The Morgan fingerprint density at radius 2 is 1.96 bits per heavy atom.